The molecule has 1 aromatic rings. The van der Waals surface area contributed by atoms with E-state index in [2.05, 4.69) is 31.3 Å². The Balaban J connectivity index is 1.81. The lowest BCUT2D eigenvalue weighted by atomic mass is 9.85. The molecular weight excluding hydrogens is 278 g/mol. The van der Waals surface area contributed by atoms with E-state index in [0.29, 0.717) is 25.8 Å². The molecule has 1 saturated carbocycles. The zero-order valence-corrected chi connectivity index (χ0v) is 13.3. The molecule has 2 atom stereocenters. The van der Waals surface area contributed by atoms with E-state index in [1.807, 2.05) is 18.2 Å². The first-order valence-corrected chi connectivity index (χ1v) is 7.92. The van der Waals surface area contributed by atoms with Crippen LogP contribution >= 0.6 is 0 Å². The predicted molar refractivity (Wildman–Crippen MR) is 85.4 cm³/mol. The van der Waals surface area contributed by atoms with Gasteiger partial charge in [0, 0.05) is 12.5 Å². The van der Waals surface area contributed by atoms with Gasteiger partial charge in [-0.25, -0.2) is 0 Å². The van der Waals surface area contributed by atoms with Gasteiger partial charge in [0.2, 0.25) is 5.91 Å². The van der Waals surface area contributed by atoms with E-state index in [0.717, 1.165) is 6.42 Å². The summed E-state index contributed by atoms with van der Waals surface area (Å²) in [4.78, 5) is 23.2. The molecule has 2 rings (SSSR count). The van der Waals surface area contributed by atoms with Crippen LogP contribution in [0, 0.1) is 17.3 Å². The summed E-state index contributed by atoms with van der Waals surface area (Å²) in [5.41, 5.74) is 1.23. The van der Waals surface area contributed by atoms with Crippen molar-refractivity contribution in [3.05, 3.63) is 35.9 Å². The number of aliphatic carboxylic acids is 1. The number of benzene rings is 1. The van der Waals surface area contributed by atoms with E-state index in [1.54, 1.807) is 0 Å². The SMILES string of the molecule is CC(C)(CNC(=O)[C@@H]1CC[C@H](C(=O)O)C1)Cc1ccccc1. The van der Waals surface area contributed by atoms with E-state index in [4.69, 9.17) is 5.11 Å². The third-order valence-electron chi connectivity index (χ3n) is 4.42. The second-order valence-corrected chi connectivity index (χ2v) is 7.09. The van der Waals surface area contributed by atoms with Gasteiger partial charge in [0.1, 0.15) is 0 Å². The minimum atomic E-state index is -0.778. The largest absolute Gasteiger partial charge is 0.481 e. The van der Waals surface area contributed by atoms with Crippen molar-refractivity contribution in [2.45, 2.75) is 39.5 Å². The number of carbonyl (C=O) groups is 2. The molecule has 120 valence electrons. The molecule has 0 bridgehead atoms. The van der Waals surface area contributed by atoms with Crippen LogP contribution in [0.3, 0.4) is 0 Å². The molecule has 1 aliphatic rings. The summed E-state index contributed by atoms with van der Waals surface area (Å²) < 4.78 is 0. The highest BCUT2D eigenvalue weighted by Crippen LogP contribution is 2.31. The first-order chi connectivity index (χ1) is 10.4. The maximum Gasteiger partial charge on any atom is 0.306 e. The minimum absolute atomic E-state index is 0.00452. The number of rotatable bonds is 6. The lowest BCUT2D eigenvalue weighted by Gasteiger charge is -2.26. The maximum absolute atomic E-state index is 12.2. The van der Waals surface area contributed by atoms with Crippen LogP contribution in [0.2, 0.25) is 0 Å². The number of hydrogen-bond donors (Lipinski definition) is 2. The van der Waals surface area contributed by atoms with Crippen molar-refractivity contribution in [3.8, 4) is 0 Å². The molecule has 22 heavy (non-hydrogen) atoms. The normalized spacial score (nSPS) is 21.5. The van der Waals surface area contributed by atoms with Crippen LogP contribution < -0.4 is 5.32 Å². The number of hydrogen-bond acceptors (Lipinski definition) is 2. The Morgan fingerprint density at radius 2 is 1.82 bits per heavy atom. The molecule has 0 heterocycles. The predicted octanol–water partition coefficient (Wildman–Crippen LogP) is 2.87. The molecule has 4 nitrogen and oxygen atoms in total. The highest BCUT2D eigenvalue weighted by Gasteiger charge is 2.34. The molecule has 0 aromatic heterocycles. The summed E-state index contributed by atoms with van der Waals surface area (Å²) in [6.07, 6.45) is 2.67. The molecular formula is C18H25NO3. The van der Waals surface area contributed by atoms with Crippen LogP contribution in [0.4, 0.5) is 0 Å². The first kappa shape index (κ1) is 16.5. The molecule has 1 amide bonds. The Bertz CT molecular complexity index is 524. The Hall–Kier alpha value is -1.84. The van der Waals surface area contributed by atoms with Gasteiger partial charge in [-0.3, -0.25) is 9.59 Å². The summed E-state index contributed by atoms with van der Waals surface area (Å²) in [6, 6.07) is 10.2. The van der Waals surface area contributed by atoms with Crippen LogP contribution in [0.25, 0.3) is 0 Å². The van der Waals surface area contributed by atoms with Gasteiger partial charge in [0.25, 0.3) is 0 Å². The number of nitrogens with one attached hydrogen (secondary N) is 1. The number of carboxylic acids is 1. The lowest BCUT2D eigenvalue weighted by molar-refractivity contribution is -0.141. The van der Waals surface area contributed by atoms with Gasteiger partial charge in [-0.15, -0.1) is 0 Å². The maximum atomic E-state index is 12.2. The van der Waals surface area contributed by atoms with E-state index >= 15 is 0 Å². The second kappa shape index (κ2) is 6.95. The lowest BCUT2D eigenvalue weighted by Crippen LogP contribution is -2.38. The number of amides is 1. The standard InChI is InChI=1S/C18H25NO3/c1-18(2,11-13-6-4-3-5-7-13)12-19-16(20)14-8-9-15(10-14)17(21)22/h3-7,14-15H,8-12H2,1-2H3,(H,19,20)(H,21,22)/t14-,15+/m1/s1. The average Bonchev–Trinajstić information content (AvgIpc) is 2.95. The summed E-state index contributed by atoms with van der Waals surface area (Å²) in [5, 5.41) is 12.0. The Labute approximate surface area is 131 Å². The quantitative estimate of drug-likeness (QED) is 0.849. The van der Waals surface area contributed by atoms with Gasteiger partial charge in [-0.1, -0.05) is 44.2 Å². The van der Waals surface area contributed by atoms with Crippen molar-refractivity contribution in [2.24, 2.45) is 17.3 Å². The minimum Gasteiger partial charge on any atom is -0.481 e. The van der Waals surface area contributed by atoms with Crippen LogP contribution in [-0.2, 0) is 16.0 Å². The van der Waals surface area contributed by atoms with Crippen molar-refractivity contribution in [1.29, 1.82) is 0 Å². The molecule has 1 fully saturated rings. The van der Waals surface area contributed by atoms with Crippen molar-refractivity contribution >= 4 is 11.9 Å². The van der Waals surface area contributed by atoms with E-state index in [1.165, 1.54) is 5.56 Å². The van der Waals surface area contributed by atoms with Crippen molar-refractivity contribution in [3.63, 3.8) is 0 Å². The average molecular weight is 303 g/mol. The van der Waals surface area contributed by atoms with Crippen LogP contribution in [0.1, 0.15) is 38.7 Å². The molecule has 0 saturated heterocycles. The first-order valence-electron chi connectivity index (χ1n) is 7.92. The number of carboxylic acid groups (broad SMARTS) is 1. The van der Waals surface area contributed by atoms with E-state index in [-0.39, 0.29) is 23.2 Å². The molecule has 0 aliphatic heterocycles. The molecule has 4 heteroatoms. The van der Waals surface area contributed by atoms with E-state index < -0.39 is 5.97 Å². The topological polar surface area (TPSA) is 66.4 Å². The van der Waals surface area contributed by atoms with Gasteiger partial charge in [0.15, 0.2) is 0 Å². The van der Waals surface area contributed by atoms with Gasteiger partial charge >= 0.3 is 5.97 Å². The third kappa shape index (κ3) is 4.58. The van der Waals surface area contributed by atoms with Crippen LogP contribution in [0.15, 0.2) is 30.3 Å². The number of carbonyl (C=O) groups excluding carboxylic acids is 1. The molecule has 0 unspecified atom stereocenters. The van der Waals surface area contributed by atoms with Gasteiger partial charge in [0.05, 0.1) is 5.92 Å². The van der Waals surface area contributed by atoms with Crippen molar-refractivity contribution < 1.29 is 14.7 Å². The molecule has 1 aromatic carbocycles. The summed E-state index contributed by atoms with van der Waals surface area (Å²) in [5.74, 6) is -1.27. The highest BCUT2D eigenvalue weighted by molar-refractivity contribution is 5.80. The van der Waals surface area contributed by atoms with E-state index in [9.17, 15) is 9.59 Å². The molecule has 1 aliphatic carbocycles. The Kier molecular flexibility index (Phi) is 5.22. The van der Waals surface area contributed by atoms with Crippen LogP contribution in [0.5, 0.6) is 0 Å². The fourth-order valence-corrected chi connectivity index (χ4v) is 3.13. The monoisotopic (exact) mass is 303 g/mol. The van der Waals surface area contributed by atoms with Crippen LogP contribution in [-0.4, -0.2) is 23.5 Å². The molecule has 0 radical (unpaired) electrons. The summed E-state index contributed by atoms with van der Waals surface area (Å²) in [7, 11) is 0. The summed E-state index contributed by atoms with van der Waals surface area (Å²) >= 11 is 0. The Morgan fingerprint density at radius 3 is 2.41 bits per heavy atom. The fraction of sp³-hybridized carbons (Fsp3) is 0.556. The van der Waals surface area contributed by atoms with Crippen molar-refractivity contribution in [1.82, 2.24) is 5.32 Å². The third-order valence-corrected chi connectivity index (χ3v) is 4.42. The fourth-order valence-electron chi connectivity index (χ4n) is 3.13. The second-order valence-electron chi connectivity index (χ2n) is 7.09. The zero-order valence-electron chi connectivity index (χ0n) is 13.3. The van der Waals surface area contributed by atoms with Crippen molar-refractivity contribution in [2.75, 3.05) is 6.54 Å². The smallest absolute Gasteiger partial charge is 0.306 e. The van der Waals surface area contributed by atoms with Gasteiger partial charge in [-0.2, -0.15) is 0 Å². The highest BCUT2D eigenvalue weighted by atomic mass is 16.4. The Morgan fingerprint density at radius 1 is 1.18 bits per heavy atom. The summed E-state index contributed by atoms with van der Waals surface area (Å²) in [6.45, 7) is 4.87. The molecule has 0 spiro atoms. The van der Waals surface area contributed by atoms with Gasteiger partial charge in [-0.05, 0) is 36.7 Å². The van der Waals surface area contributed by atoms with Gasteiger partial charge < -0.3 is 10.4 Å². The zero-order chi connectivity index (χ0) is 16.2. The molecule has 2 N–H and O–H groups in total.